The zero-order chi connectivity index (χ0) is 19.3. The van der Waals surface area contributed by atoms with Gasteiger partial charge in [-0.05, 0) is 24.1 Å². The molecular formula is C17H26F4IN5. The minimum Gasteiger partial charge on any atom is -0.375 e. The molecule has 1 heterocycles. The van der Waals surface area contributed by atoms with Gasteiger partial charge in [0.15, 0.2) is 5.96 Å². The lowest BCUT2D eigenvalue weighted by Crippen LogP contribution is -2.44. The van der Waals surface area contributed by atoms with Crippen LogP contribution < -0.4 is 15.5 Å². The summed E-state index contributed by atoms with van der Waals surface area (Å²) in [5.74, 6) is 0.178. The van der Waals surface area contributed by atoms with Crippen LogP contribution in [0.2, 0.25) is 0 Å². The number of nitrogens with one attached hydrogen (secondary N) is 2. The van der Waals surface area contributed by atoms with Crippen LogP contribution in [0.15, 0.2) is 23.2 Å². The highest BCUT2D eigenvalue weighted by Gasteiger charge is 2.34. The number of nitrogens with zero attached hydrogens (tertiary/aromatic N) is 3. The van der Waals surface area contributed by atoms with Gasteiger partial charge in [-0.3, -0.25) is 9.89 Å². The van der Waals surface area contributed by atoms with E-state index in [9.17, 15) is 17.6 Å². The van der Waals surface area contributed by atoms with Gasteiger partial charge in [-0.25, -0.2) is 4.39 Å². The Balaban J connectivity index is 0.00000364. The van der Waals surface area contributed by atoms with Crippen LogP contribution in [0.25, 0.3) is 0 Å². The van der Waals surface area contributed by atoms with Crippen molar-refractivity contribution < 1.29 is 17.6 Å². The average molecular weight is 503 g/mol. The first-order chi connectivity index (χ1) is 12.2. The summed E-state index contributed by atoms with van der Waals surface area (Å²) in [7, 11) is 5.13. The zero-order valence-electron chi connectivity index (χ0n) is 15.6. The lowest BCUT2D eigenvalue weighted by atomic mass is 10.2. The smallest absolute Gasteiger partial charge is 0.375 e. The van der Waals surface area contributed by atoms with Gasteiger partial charge in [0, 0.05) is 46.8 Å². The monoisotopic (exact) mass is 503 g/mol. The third kappa shape index (κ3) is 7.68. The van der Waals surface area contributed by atoms with E-state index in [1.807, 2.05) is 6.07 Å². The standard InChI is InChI=1S/C17H25F4N5.HI/c1-22-16(24-13-6-7-26(10-13)11-17(19,20)21)23-9-12-4-5-15(25(2)3)14(18)8-12;/h4-5,8,13H,6-7,9-11H2,1-3H3,(H2,22,23,24);1H. The molecule has 2 N–H and O–H groups in total. The SMILES string of the molecule is CN=C(NCc1ccc(N(C)C)c(F)c1)NC1CCN(CC(F)(F)F)C1.I. The molecule has 2 rings (SSSR count). The van der Waals surface area contributed by atoms with Crippen molar-refractivity contribution >= 4 is 35.6 Å². The van der Waals surface area contributed by atoms with Gasteiger partial charge in [-0.1, -0.05) is 6.07 Å². The fourth-order valence-corrected chi connectivity index (χ4v) is 2.94. The van der Waals surface area contributed by atoms with E-state index in [1.165, 1.54) is 11.0 Å². The van der Waals surface area contributed by atoms with Crippen molar-refractivity contribution in [3.63, 3.8) is 0 Å². The molecule has 1 fully saturated rings. The molecule has 1 saturated heterocycles. The molecule has 0 bridgehead atoms. The highest BCUT2D eigenvalue weighted by atomic mass is 127. The van der Waals surface area contributed by atoms with Crippen molar-refractivity contribution in [3.05, 3.63) is 29.6 Å². The average Bonchev–Trinajstić information content (AvgIpc) is 2.96. The number of likely N-dealkylation sites (tertiary alicyclic amines) is 1. The summed E-state index contributed by atoms with van der Waals surface area (Å²) in [6, 6.07) is 4.88. The van der Waals surface area contributed by atoms with E-state index in [0.29, 0.717) is 37.7 Å². The zero-order valence-corrected chi connectivity index (χ0v) is 17.9. The number of benzene rings is 1. The van der Waals surface area contributed by atoms with Crippen molar-refractivity contribution in [1.82, 2.24) is 15.5 Å². The Morgan fingerprint density at radius 3 is 2.59 bits per heavy atom. The summed E-state index contributed by atoms with van der Waals surface area (Å²) >= 11 is 0. The van der Waals surface area contributed by atoms with Crippen LogP contribution in [0, 0.1) is 5.82 Å². The highest BCUT2D eigenvalue weighted by molar-refractivity contribution is 14.0. The van der Waals surface area contributed by atoms with E-state index in [4.69, 9.17) is 0 Å². The minimum atomic E-state index is -4.18. The molecule has 1 unspecified atom stereocenters. The molecule has 0 amide bonds. The Labute approximate surface area is 174 Å². The van der Waals surface area contributed by atoms with Crippen molar-refractivity contribution in [2.75, 3.05) is 45.7 Å². The summed E-state index contributed by atoms with van der Waals surface area (Å²) in [6.07, 6.45) is -3.57. The van der Waals surface area contributed by atoms with Gasteiger partial charge in [0.1, 0.15) is 5.82 Å². The molecule has 1 aromatic carbocycles. The lowest BCUT2D eigenvalue weighted by molar-refractivity contribution is -0.143. The molecule has 0 aliphatic carbocycles. The molecule has 0 spiro atoms. The maximum Gasteiger partial charge on any atom is 0.401 e. The third-order valence-corrected chi connectivity index (χ3v) is 4.19. The van der Waals surface area contributed by atoms with Crippen molar-refractivity contribution in [3.8, 4) is 0 Å². The molecule has 0 saturated carbocycles. The number of aliphatic imine (C=N–C) groups is 1. The molecule has 10 heteroatoms. The fraction of sp³-hybridized carbons (Fsp3) is 0.588. The molecule has 0 aromatic heterocycles. The summed E-state index contributed by atoms with van der Waals surface area (Å²) in [5, 5.41) is 6.19. The molecule has 1 aromatic rings. The van der Waals surface area contributed by atoms with Gasteiger partial charge in [0.05, 0.1) is 12.2 Å². The Bertz CT molecular complexity index is 636. The van der Waals surface area contributed by atoms with Crippen molar-refractivity contribution in [1.29, 1.82) is 0 Å². The van der Waals surface area contributed by atoms with Gasteiger partial charge in [0.25, 0.3) is 0 Å². The lowest BCUT2D eigenvalue weighted by Gasteiger charge is -2.20. The first kappa shape index (κ1) is 23.7. The van der Waals surface area contributed by atoms with Crippen LogP contribution in [0.3, 0.4) is 0 Å². The van der Waals surface area contributed by atoms with Gasteiger partial charge in [-0.2, -0.15) is 13.2 Å². The van der Waals surface area contributed by atoms with Gasteiger partial charge in [0.2, 0.25) is 0 Å². The van der Waals surface area contributed by atoms with Crippen LogP contribution in [0.4, 0.5) is 23.2 Å². The maximum absolute atomic E-state index is 14.0. The largest absolute Gasteiger partial charge is 0.401 e. The maximum atomic E-state index is 14.0. The van der Waals surface area contributed by atoms with Crippen molar-refractivity contribution in [2.24, 2.45) is 4.99 Å². The summed E-state index contributed by atoms with van der Waals surface area (Å²) in [6.45, 7) is 0.176. The van der Waals surface area contributed by atoms with Crippen LogP contribution >= 0.6 is 24.0 Å². The van der Waals surface area contributed by atoms with Crippen LogP contribution in [0.5, 0.6) is 0 Å². The third-order valence-electron chi connectivity index (χ3n) is 4.19. The Kier molecular flexibility index (Phi) is 9.06. The number of hydrogen-bond donors (Lipinski definition) is 2. The quantitative estimate of drug-likeness (QED) is 0.281. The molecule has 27 heavy (non-hydrogen) atoms. The Morgan fingerprint density at radius 2 is 2.04 bits per heavy atom. The van der Waals surface area contributed by atoms with Crippen LogP contribution in [-0.2, 0) is 6.54 Å². The second-order valence-electron chi connectivity index (χ2n) is 6.59. The van der Waals surface area contributed by atoms with E-state index in [1.54, 1.807) is 32.1 Å². The van der Waals surface area contributed by atoms with Gasteiger partial charge < -0.3 is 15.5 Å². The molecule has 1 atom stereocenters. The van der Waals surface area contributed by atoms with E-state index in [2.05, 4.69) is 15.6 Å². The number of rotatable bonds is 5. The first-order valence-electron chi connectivity index (χ1n) is 8.40. The van der Waals surface area contributed by atoms with Gasteiger partial charge in [-0.15, -0.1) is 24.0 Å². The number of anilines is 1. The van der Waals surface area contributed by atoms with E-state index in [-0.39, 0.29) is 35.8 Å². The summed E-state index contributed by atoms with van der Waals surface area (Å²) in [4.78, 5) is 7.16. The second kappa shape index (κ2) is 10.3. The molecule has 5 nitrogen and oxygen atoms in total. The Hall–Kier alpha value is -1.30. The summed E-state index contributed by atoms with van der Waals surface area (Å²) in [5.41, 5.74) is 1.26. The molecule has 154 valence electrons. The minimum absolute atomic E-state index is 0. The highest BCUT2D eigenvalue weighted by Crippen LogP contribution is 2.20. The fourth-order valence-electron chi connectivity index (χ4n) is 2.94. The molecular weight excluding hydrogens is 477 g/mol. The number of hydrogen-bond acceptors (Lipinski definition) is 3. The summed E-state index contributed by atoms with van der Waals surface area (Å²) < 4.78 is 51.4. The number of alkyl halides is 3. The van der Waals surface area contributed by atoms with Crippen molar-refractivity contribution in [2.45, 2.75) is 25.2 Å². The topological polar surface area (TPSA) is 42.9 Å². The van der Waals surface area contributed by atoms with Crippen LogP contribution in [-0.4, -0.2) is 63.9 Å². The molecule has 0 radical (unpaired) electrons. The van der Waals surface area contributed by atoms with E-state index < -0.39 is 12.7 Å². The van der Waals surface area contributed by atoms with Crippen LogP contribution in [0.1, 0.15) is 12.0 Å². The molecule has 1 aliphatic heterocycles. The normalized spacial score (nSPS) is 18.2. The van der Waals surface area contributed by atoms with E-state index in [0.717, 1.165) is 5.56 Å². The Morgan fingerprint density at radius 1 is 1.33 bits per heavy atom. The predicted octanol–water partition coefficient (Wildman–Crippen LogP) is 2.81. The predicted molar refractivity (Wildman–Crippen MR) is 110 cm³/mol. The van der Waals surface area contributed by atoms with Gasteiger partial charge >= 0.3 is 6.18 Å². The number of guanidine groups is 1. The molecule has 1 aliphatic rings. The number of halogens is 5. The second-order valence-corrected chi connectivity index (χ2v) is 6.59. The first-order valence-corrected chi connectivity index (χ1v) is 8.40. The van der Waals surface area contributed by atoms with E-state index >= 15 is 0 Å².